The Labute approximate surface area is 188 Å². The summed E-state index contributed by atoms with van der Waals surface area (Å²) in [5, 5.41) is 10.1. The number of primary amides is 1. The number of amidine groups is 1. The topological polar surface area (TPSA) is 165 Å². The first-order valence-corrected chi connectivity index (χ1v) is 10.6. The third-order valence-corrected chi connectivity index (χ3v) is 5.23. The number of hydrogen-bond acceptors (Lipinski definition) is 5. The zero-order valence-electron chi connectivity index (χ0n) is 18.1. The molecule has 0 aliphatic carbocycles. The van der Waals surface area contributed by atoms with E-state index in [2.05, 4.69) is 5.32 Å². The first-order chi connectivity index (χ1) is 15.3. The highest BCUT2D eigenvalue weighted by Gasteiger charge is 2.24. The van der Waals surface area contributed by atoms with Gasteiger partial charge in [0.2, 0.25) is 11.8 Å². The Morgan fingerprint density at radius 2 is 1.47 bits per heavy atom. The lowest BCUT2D eigenvalue weighted by Gasteiger charge is -2.20. The molecule has 8 N–H and O–H groups in total. The molecule has 0 unspecified atom stereocenters. The van der Waals surface area contributed by atoms with Crippen molar-refractivity contribution in [3.8, 4) is 0 Å². The van der Waals surface area contributed by atoms with Crippen LogP contribution in [-0.4, -0.2) is 35.5 Å². The maximum Gasteiger partial charge on any atom is 0.237 e. The molecule has 0 aliphatic heterocycles. The van der Waals surface area contributed by atoms with Crippen molar-refractivity contribution in [3.05, 3.63) is 71.3 Å². The van der Waals surface area contributed by atoms with Gasteiger partial charge in [-0.15, -0.1) is 0 Å². The van der Waals surface area contributed by atoms with Crippen molar-refractivity contribution in [1.82, 2.24) is 5.32 Å². The molecule has 0 saturated heterocycles. The van der Waals surface area contributed by atoms with E-state index in [0.717, 1.165) is 11.1 Å². The van der Waals surface area contributed by atoms with Crippen LogP contribution in [0.3, 0.4) is 0 Å². The van der Waals surface area contributed by atoms with Crippen molar-refractivity contribution in [2.75, 3.05) is 0 Å². The number of Topliss-reactive ketones (excluding diaryl/α,β-unsaturated/α-hetero) is 1. The molecule has 0 heterocycles. The molecule has 2 amide bonds. The molecule has 0 aliphatic rings. The van der Waals surface area contributed by atoms with Gasteiger partial charge in [0.25, 0.3) is 0 Å². The summed E-state index contributed by atoms with van der Waals surface area (Å²) in [7, 11) is 0. The predicted octanol–water partition coefficient (Wildman–Crippen LogP) is 1.18. The van der Waals surface area contributed by atoms with Crippen LogP contribution in [0.4, 0.5) is 0 Å². The number of nitrogens with one attached hydrogen (secondary N) is 2. The van der Waals surface area contributed by atoms with Crippen LogP contribution >= 0.6 is 0 Å². The molecule has 0 spiro atoms. The number of nitrogens with two attached hydrogens (primary N) is 3. The van der Waals surface area contributed by atoms with Gasteiger partial charge in [-0.25, -0.2) is 0 Å². The van der Waals surface area contributed by atoms with Crippen molar-refractivity contribution >= 4 is 23.4 Å². The lowest BCUT2D eigenvalue weighted by Crippen LogP contribution is -2.48. The number of rotatable bonds is 13. The monoisotopic (exact) mass is 437 g/mol. The first-order valence-electron chi connectivity index (χ1n) is 10.6. The van der Waals surface area contributed by atoms with E-state index < -0.39 is 23.9 Å². The molecule has 0 saturated carbocycles. The Bertz CT molecular complexity index is 928. The minimum Gasteiger partial charge on any atom is -0.384 e. The Hall–Kier alpha value is -3.52. The lowest BCUT2D eigenvalue weighted by molar-refractivity contribution is -0.129. The largest absolute Gasteiger partial charge is 0.384 e. The summed E-state index contributed by atoms with van der Waals surface area (Å²) in [6, 6.07) is 15.2. The highest BCUT2D eigenvalue weighted by Crippen LogP contribution is 2.10. The molecule has 0 aromatic heterocycles. The normalized spacial score (nSPS) is 12.5. The van der Waals surface area contributed by atoms with Crippen molar-refractivity contribution in [3.63, 3.8) is 0 Å². The van der Waals surface area contributed by atoms with E-state index in [1.807, 2.05) is 30.3 Å². The second-order valence-electron chi connectivity index (χ2n) is 7.77. The zero-order chi connectivity index (χ0) is 23.5. The summed E-state index contributed by atoms with van der Waals surface area (Å²) in [5.41, 5.74) is 19.3. The van der Waals surface area contributed by atoms with Crippen molar-refractivity contribution in [2.24, 2.45) is 17.2 Å². The average molecular weight is 438 g/mol. The maximum absolute atomic E-state index is 12.8. The highest BCUT2D eigenvalue weighted by molar-refractivity contribution is 5.95. The first kappa shape index (κ1) is 24.7. The Kier molecular flexibility index (Phi) is 9.56. The number of ketones is 1. The van der Waals surface area contributed by atoms with Crippen LogP contribution in [0.15, 0.2) is 54.6 Å². The van der Waals surface area contributed by atoms with Gasteiger partial charge in [0.1, 0.15) is 5.84 Å². The van der Waals surface area contributed by atoms with Crippen LogP contribution in [0.5, 0.6) is 0 Å². The molecule has 0 bridgehead atoms. The summed E-state index contributed by atoms with van der Waals surface area (Å²) >= 11 is 0. The SMILES string of the molecule is N=C(N)c1ccc(CCC(=O)[C@H](CCC(N)=O)NC(=O)[C@H](N)CCc2ccccc2)cc1. The molecule has 2 aromatic carbocycles. The minimum absolute atomic E-state index is 0.0107. The number of carbonyl (C=O) groups is 3. The van der Waals surface area contributed by atoms with E-state index >= 15 is 0 Å². The van der Waals surface area contributed by atoms with Gasteiger partial charge in [-0.2, -0.15) is 0 Å². The van der Waals surface area contributed by atoms with Gasteiger partial charge in [-0.05, 0) is 36.8 Å². The Balaban J connectivity index is 1.92. The second-order valence-corrected chi connectivity index (χ2v) is 7.77. The van der Waals surface area contributed by atoms with Gasteiger partial charge in [0, 0.05) is 18.4 Å². The number of carbonyl (C=O) groups excluding carboxylic acids is 3. The van der Waals surface area contributed by atoms with E-state index in [-0.39, 0.29) is 30.9 Å². The standard InChI is InChI=1S/C24H31N5O3/c25-19(12-8-16-4-2-1-3-5-16)24(32)29-20(13-15-22(26)31)21(30)14-9-17-6-10-18(11-7-17)23(27)28/h1-7,10-11,19-20H,8-9,12-15,25H2,(H2,26,31)(H3,27,28)(H,29,32)/t19-,20+/m1/s1. The fourth-order valence-electron chi connectivity index (χ4n) is 3.27. The van der Waals surface area contributed by atoms with E-state index in [4.69, 9.17) is 22.6 Å². The van der Waals surface area contributed by atoms with Gasteiger partial charge in [-0.1, -0.05) is 54.6 Å². The predicted molar refractivity (Wildman–Crippen MR) is 124 cm³/mol. The summed E-state index contributed by atoms with van der Waals surface area (Å²) in [5.74, 6) is -1.17. The summed E-state index contributed by atoms with van der Waals surface area (Å²) in [6.07, 6.45) is 1.85. The summed E-state index contributed by atoms with van der Waals surface area (Å²) < 4.78 is 0. The van der Waals surface area contributed by atoms with Crippen LogP contribution in [-0.2, 0) is 27.2 Å². The molecule has 32 heavy (non-hydrogen) atoms. The molecular weight excluding hydrogens is 406 g/mol. The summed E-state index contributed by atoms with van der Waals surface area (Å²) in [6.45, 7) is 0. The summed E-state index contributed by atoms with van der Waals surface area (Å²) in [4.78, 5) is 36.6. The van der Waals surface area contributed by atoms with Gasteiger partial charge in [-0.3, -0.25) is 19.8 Å². The van der Waals surface area contributed by atoms with E-state index in [9.17, 15) is 14.4 Å². The number of hydrogen-bond donors (Lipinski definition) is 5. The molecule has 2 aromatic rings. The number of amides is 2. The van der Waals surface area contributed by atoms with Crippen LogP contribution < -0.4 is 22.5 Å². The van der Waals surface area contributed by atoms with Crippen LogP contribution in [0.25, 0.3) is 0 Å². The fraction of sp³-hybridized carbons (Fsp3) is 0.333. The van der Waals surface area contributed by atoms with E-state index in [1.165, 1.54) is 0 Å². The van der Waals surface area contributed by atoms with Crippen LogP contribution in [0.1, 0.15) is 42.4 Å². The smallest absolute Gasteiger partial charge is 0.237 e. The molecular formula is C24H31N5O3. The molecule has 8 nitrogen and oxygen atoms in total. The van der Waals surface area contributed by atoms with Crippen molar-refractivity contribution < 1.29 is 14.4 Å². The Morgan fingerprint density at radius 3 is 2.06 bits per heavy atom. The number of nitrogen functional groups attached to an aromatic ring is 1. The molecule has 8 heteroatoms. The Morgan fingerprint density at radius 1 is 0.844 bits per heavy atom. The van der Waals surface area contributed by atoms with E-state index in [1.54, 1.807) is 24.3 Å². The van der Waals surface area contributed by atoms with Crippen molar-refractivity contribution in [1.29, 1.82) is 5.41 Å². The van der Waals surface area contributed by atoms with Gasteiger partial charge < -0.3 is 22.5 Å². The second kappa shape index (κ2) is 12.4. The number of benzene rings is 2. The third kappa shape index (κ3) is 8.31. The molecule has 170 valence electrons. The molecule has 2 atom stereocenters. The van der Waals surface area contributed by atoms with Gasteiger partial charge in [0.05, 0.1) is 12.1 Å². The lowest BCUT2D eigenvalue weighted by atomic mass is 9.98. The minimum atomic E-state index is -0.825. The fourth-order valence-corrected chi connectivity index (χ4v) is 3.27. The van der Waals surface area contributed by atoms with Gasteiger partial charge >= 0.3 is 0 Å². The molecule has 0 fully saturated rings. The quantitative estimate of drug-likeness (QED) is 0.234. The molecule has 0 radical (unpaired) electrons. The van der Waals surface area contributed by atoms with Crippen molar-refractivity contribution in [2.45, 2.75) is 50.6 Å². The maximum atomic E-state index is 12.8. The molecule has 2 rings (SSSR count). The van der Waals surface area contributed by atoms with Crippen LogP contribution in [0, 0.1) is 5.41 Å². The third-order valence-electron chi connectivity index (χ3n) is 5.23. The average Bonchev–Trinajstić information content (AvgIpc) is 2.79. The zero-order valence-corrected chi connectivity index (χ0v) is 18.1. The highest BCUT2D eigenvalue weighted by atomic mass is 16.2. The number of aryl methyl sites for hydroxylation is 2. The van der Waals surface area contributed by atoms with Gasteiger partial charge in [0.15, 0.2) is 5.78 Å². The van der Waals surface area contributed by atoms with Crippen LogP contribution in [0.2, 0.25) is 0 Å². The van der Waals surface area contributed by atoms with E-state index in [0.29, 0.717) is 24.8 Å².